The summed E-state index contributed by atoms with van der Waals surface area (Å²) in [6, 6.07) is 5.11. The molecule has 0 aromatic heterocycles. The van der Waals surface area contributed by atoms with Crippen LogP contribution in [0.15, 0.2) is 35.3 Å². The Morgan fingerprint density at radius 2 is 2.33 bits per heavy atom. The fourth-order valence-electron chi connectivity index (χ4n) is 1.03. The Morgan fingerprint density at radius 1 is 1.60 bits per heavy atom. The van der Waals surface area contributed by atoms with Gasteiger partial charge in [-0.3, -0.25) is 4.79 Å². The second-order valence-corrected chi connectivity index (χ2v) is 4.22. The molecule has 0 heterocycles. The van der Waals surface area contributed by atoms with Crippen molar-refractivity contribution in [3.05, 3.63) is 45.9 Å². The van der Waals surface area contributed by atoms with Crippen molar-refractivity contribution in [2.75, 3.05) is 6.54 Å². The van der Waals surface area contributed by atoms with Gasteiger partial charge in [0, 0.05) is 16.6 Å². The number of hydrogen-bond donors (Lipinski definition) is 1. The first-order valence-electron chi connectivity index (χ1n) is 4.49. The smallest absolute Gasteiger partial charge is 0.251 e. The van der Waals surface area contributed by atoms with Gasteiger partial charge < -0.3 is 5.32 Å². The zero-order chi connectivity index (χ0) is 11.3. The lowest BCUT2D eigenvalue weighted by molar-refractivity contribution is 0.0954. The molecule has 0 unspecified atom stereocenters. The van der Waals surface area contributed by atoms with Crippen molar-refractivity contribution in [2.24, 2.45) is 0 Å². The van der Waals surface area contributed by atoms with Gasteiger partial charge >= 0.3 is 0 Å². The number of hydrogen-bond acceptors (Lipinski definition) is 1. The predicted molar refractivity (Wildman–Crippen MR) is 66.3 cm³/mol. The molecule has 0 atom stereocenters. The highest BCUT2D eigenvalue weighted by atomic mass is 79.9. The van der Waals surface area contributed by atoms with Gasteiger partial charge in [0.25, 0.3) is 5.91 Å². The molecule has 1 N–H and O–H groups in total. The normalized spacial score (nSPS) is 9.73. The lowest BCUT2D eigenvalue weighted by Crippen LogP contribution is -2.23. The zero-order valence-corrected chi connectivity index (χ0v) is 10.4. The Bertz CT molecular complexity index is 379. The van der Waals surface area contributed by atoms with E-state index in [2.05, 4.69) is 27.8 Å². The van der Waals surface area contributed by atoms with Crippen LogP contribution in [-0.2, 0) is 0 Å². The Balaban J connectivity index is 2.65. The molecule has 1 aromatic carbocycles. The van der Waals surface area contributed by atoms with Crippen LogP contribution in [0.4, 0.5) is 0 Å². The molecule has 0 bridgehead atoms. The molecule has 1 rings (SSSR count). The third-order valence-corrected chi connectivity index (χ3v) is 3.05. The largest absolute Gasteiger partial charge is 0.352 e. The van der Waals surface area contributed by atoms with Crippen molar-refractivity contribution >= 4 is 33.4 Å². The van der Waals surface area contributed by atoms with Crippen LogP contribution in [0.25, 0.3) is 0 Å². The second kappa shape index (κ2) is 5.93. The van der Waals surface area contributed by atoms with E-state index in [1.807, 2.05) is 0 Å². The molecule has 0 aliphatic rings. The summed E-state index contributed by atoms with van der Waals surface area (Å²) in [4.78, 5) is 11.6. The summed E-state index contributed by atoms with van der Waals surface area (Å²) in [5.74, 6) is -0.119. The highest BCUT2D eigenvalue weighted by molar-refractivity contribution is 9.10. The number of nitrogens with one attached hydrogen (secondary N) is 1. The van der Waals surface area contributed by atoms with Gasteiger partial charge in [-0.2, -0.15) is 0 Å². The van der Waals surface area contributed by atoms with Crippen molar-refractivity contribution in [1.29, 1.82) is 0 Å². The Hall–Kier alpha value is -0.800. The van der Waals surface area contributed by atoms with Crippen LogP contribution >= 0.6 is 27.5 Å². The summed E-state index contributed by atoms with van der Waals surface area (Å²) in [7, 11) is 0. The molecular formula is C11H11BrClNO. The van der Waals surface area contributed by atoms with E-state index in [1.54, 1.807) is 24.3 Å². The molecule has 4 heteroatoms. The van der Waals surface area contributed by atoms with E-state index < -0.39 is 0 Å². The lowest BCUT2D eigenvalue weighted by Gasteiger charge is -2.04. The van der Waals surface area contributed by atoms with Crippen LogP contribution in [0.3, 0.4) is 0 Å². The van der Waals surface area contributed by atoms with Crippen LogP contribution in [0, 0.1) is 0 Å². The van der Waals surface area contributed by atoms with E-state index in [0.717, 1.165) is 10.9 Å². The molecule has 15 heavy (non-hydrogen) atoms. The summed E-state index contributed by atoms with van der Waals surface area (Å²) in [6.45, 7) is 4.17. The number of carbonyl (C=O) groups excluding carboxylic acids is 1. The molecule has 1 aromatic rings. The lowest BCUT2D eigenvalue weighted by atomic mass is 10.2. The zero-order valence-electron chi connectivity index (χ0n) is 8.09. The quantitative estimate of drug-likeness (QED) is 0.667. The number of carbonyl (C=O) groups is 1. The highest BCUT2D eigenvalue weighted by Crippen LogP contribution is 2.22. The summed E-state index contributed by atoms with van der Waals surface area (Å²) in [5.41, 5.74) is 0.562. The number of amides is 1. The molecule has 2 nitrogen and oxygen atoms in total. The molecular weight excluding hydrogens is 277 g/mol. The van der Waals surface area contributed by atoms with Crippen molar-refractivity contribution in [1.82, 2.24) is 5.32 Å². The molecule has 0 aliphatic heterocycles. The van der Waals surface area contributed by atoms with E-state index in [-0.39, 0.29) is 5.91 Å². The Labute approximate surface area is 102 Å². The summed E-state index contributed by atoms with van der Waals surface area (Å²) in [5, 5.41) is 3.30. The van der Waals surface area contributed by atoms with Crippen LogP contribution in [0.1, 0.15) is 16.8 Å². The minimum atomic E-state index is -0.119. The molecule has 80 valence electrons. The average Bonchev–Trinajstić information content (AvgIpc) is 2.22. The Kier molecular flexibility index (Phi) is 4.85. The summed E-state index contributed by atoms with van der Waals surface area (Å²) < 4.78 is 0.784. The van der Waals surface area contributed by atoms with Crippen LogP contribution in [0.5, 0.6) is 0 Å². The predicted octanol–water partition coefficient (Wildman–Crippen LogP) is 3.41. The van der Waals surface area contributed by atoms with E-state index in [1.165, 1.54) is 0 Å². The van der Waals surface area contributed by atoms with Crippen molar-refractivity contribution in [2.45, 2.75) is 6.42 Å². The molecule has 1 amide bonds. The van der Waals surface area contributed by atoms with Gasteiger partial charge in [0.1, 0.15) is 0 Å². The fourth-order valence-corrected chi connectivity index (χ4v) is 1.45. The summed E-state index contributed by atoms with van der Waals surface area (Å²) >= 11 is 9.14. The van der Waals surface area contributed by atoms with Gasteiger partial charge in [-0.1, -0.05) is 17.7 Å². The molecule has 0 spiro atoms. The third kappa shape index (κ3) is 3.68. The Morgan fingerprint density at radius 3 is 2.93 bits per heavy atom. The number of rotatable bonds is 4. The third-order valence-electron chi connectivity index (χ3n) is 1.82. The minimum Gasteiger partial charge on any atom is -0.352 e. The second-order valence-electron chi connectivity index (χ2n) is 2.96. The number of benzene rings is 1. The van der Waals surface area contributed by atoms with Crippen molar-refractivity contribution in [3.63, 3.8) is 0 Å². The molecule has 0 aliphatic carbocycles. The van der Waals surface area contributed by atoms with Crippen molar-refractivity contribution < 1.29 is 4.79 Å². The molecule has 0 saturated heterocycles. The van der Waals surface area contributed by atoms with E-state index in [0.29, 0.717) is 17.1 Å². The van der Waals surface area contributed by atoms with Crippen molar-refractivity contribution in [3.8, 4) is 0 Å². The van der Waals surface area contributed by atoms with E-state index >= 15 is 0 Å². The summed E-state index contributed by atoms with van der Waals surface area (Å²) in [6.07, 6.45) is 2.52. The first-order chi connectivity index (χ1) is 7.15. The standard InChI is InChI=1S/C11H11BrClNO/c1-2-3-6-14-11(15)8-4-5-9(12)10(13)7-8/h2,4-5,7H,1,3,6H2,(H,14,15). The minimum absolute atomic E-state index is 0.119. The monoisotopic (exact) mass is 287 g/mol. The number of halogens is 2. The van der Waals surface area contributed by atoms with Gasteiger partial charge in [-0.25, -0.2) is 0 Å². The molecule has 0 saturated carbocycles. The first-order valence-corrected chi connectivity index (χ1v) is 5.66. The topological polar surface area (TPSA) is 29.1 Å². The first kappa shape index (κ1) is 12.3. The molecule has 0 radical (unpaired) electrons. The van der Waals surface area contributed by atoms with Crippen LogP contribution < -0.4 is 5.32 Å². The van der Waals surface area contributed by atoms with E-state index in [9.17, 15) is 4.79 Å². The van der Waals surface area contributed by atoms with Gasteiger partial charge in [-0.05, 0) is 40.5 Å². The van der Waals surface area contributed by atoms with Gasteiger partial charge in [0.15, 0.2) is 0 Å². The maximum Gasteiger partial charge on any atom is 0.251 e. The van der Waals surface area contributed by atoms with E-state index in [4.69, 9.17) is 11.6 Å². The van der Waals surface area contributed by atoms with Crippen LogP contribution in [0.2, 0.25) is 5.02 Å². The fraction of sp³-hybridized carbons (Fsp3) is 0.182. The highest BCUT2D eigenvalue weighted by Gasteiger charge is 2.06. The van der Waals surface area contributed by atoms with Gasteiger partial charge in [0.2, 0.25) is 0 Å². The molecule has 0 fully saturated rings. The van der Waals surface area contributed by atoms with Gasteiger partial charge in [0.05, 0.1) is 5.02 Å². The van der Waals surface area contributed by atoms with Crippen LogP contribution in [-0.4, -0.2) is 12.5 Å². The SMILES string of the molecule is C=CCCNC(=O)c1ccc(Br)c(Cl)c1. The maximum atomic E-state index is 11.6. The average molecular weight is 289 g/mol. The van der Waals surface area contributed by atoms with Gasteiger partial charge in [-0.15, -0.1) is 6.58 Å². The maximum absolute atomic E-state index is 11.6.